The lowest BCUT2D eigenvalue weighted by molar-refractivity contribution is -0.304. The molecule has 0 aromatic rings. The SMILES string of the molecule is CCCCC(C(=O)NCCCOC(=O)CCNC(=O)C1OC(C)(C)OCC1(C)C)C(C)C. The van der Waals surface area contributed by atoms with Crippen LogP contribution in [-0.4, -0.2) is 56.0 Å². The molecular formula is C24H44N2O6. The molecule has 0 aromatic carbocycles. The molecule has 0 aromatic heterocycles. The molecule has 2 amide bonds. The van der Waals surface area contributed by atoms with Gasteiger partial charge in [0.25, 0.3) is 0 Å². The molecule has 2 N–H and O–H groups in total. The Kier molecular flexibility index (Phi) is 11.6. The first-order valence-electron chi connectivity index (χ1n) is 11.9. The van der Waals surface area contributed by atoms with Crippen LogP contribution in [-0.2, 0) is 28.6 Å². The van der Waals surface area contributed by atoms with Crippen molar-refractivity contribution >= 4 is 17.8 Å². The minimum absolute atomic E-state index is 0.0244. The van der Waals surface area contributed by atoms with Crippen LogP contribution in [0, 0.1) is 17.3 Å². The van der Waals surface area contributed by atoms with Gasteiger partial charge in [0.2, 0.25) is 11.8 Å². The van der Waals surface area contributed by atoms with E-state index in [1.54, 1.807) is 13.8 Å². The van der Waals surface area contributed by atoms with E-state index in [1.807, 2.05) is 13.8 Å². The molecule has 1 fully saturated rings. The zero-order valence-corrected chi connectivity index (χ0v) is 21.0. The van der Waals surface area contributed by atoms with Crippen LogP contribution in [0.5, 0.6) is 0 Å². The highest BCUT2D eigenvalue weighted by molar-refractivity contribution is 5.82. The molecule has 1 rings (SSSR count). The van der Waals surface area contributed by atoms with Gasteiger partial charge in [-0.15, -0.1) is 0 Å². The van der Waals surface area contributed by atoms with E-state index < -0.39 is 17.3 Å². The zero-order valence-electron chi connectivity index (χ0n) is 21.0. The summed E-state index contributed by atoms with van der Waals surface area (Å²) in [4.78, 5) is 36.8. The topological polar surface area (TPSA) is 103 Å². The van der Waals surface area contributed by atoms with Gasteiger partial charge >= 0.3 is 5.97 Å². The summed E-state index contributed by atoms with van der Waals surface area (Å²) in [5, 5.41) is 5.70. The molecule has 0 radical (unpaired) electrons. The third kappa shape index (κ3) is 9.86. The van der Waals surface area contributed by atoms with Crippen LogP contribution in [0.3, 0.4) is 0 Å². The van der Waals surface area contributed by atoms with Crippen molar-refractivity contribution in [2.45, 2.75) is 92.5 Å². The fourth-order valence-corrected chi connectivity index (χ4v) is 3.57. The number of esters is 1. The molecule has 1 aliphatic rings. The lowest BCUT2D eigenvalue weighted by Crippen LogP contribution is -2.56. The van der Waals surface area contributed by atoms with Crippen molar-refractivity contribution in [1.29, 1.82) is 0 Å². The van der Waals surface area contributed by atoms with Gasteiger partial charge in [0, 0.05) is 24.4 Å². The van der Waals surface area contributed by atoms with Gasteiger partial charge < -0.3 is 24.8 Å². The summed E-state index contributed by atoms with van der Waals surface area (Å²) >= 11 is 0. The molecule has 32 heavy (non-hydrogen) atoms. The number of carbonyl (C=O) groups is 3. The summed E-state index contributed by atoms with van der Waals surface area (Å²) in [6, 6.07) is 0. The predicted molar refractivity (Wildman–Crippen MR) is 123 cm³/mol. The minimum Gasteiger partial charge on any atom is -0.466 e. The summed E-state index contributed by atoms with van der Waals surface area (Å²) in [7, 11) is 0. The van der Waals surface area contributed by atoms with E-state index in [0.717, 1.165) is 19.3 Å². The molecule has 2 atom stereocenters. The van der Waals surface area contributed by atoms with E-state index in [1.165, 1.54) is 0 Å². The summed E-state index contributed by atoms with van der Waals surface area (Å²) in [6.45, 7) is 14.9. The fraction of sp³-hybridized carbons (Fsp3) is 0.875. The van der Waals surface area contributed by atoms with Gasteiger partial charge in [-0.2, -0.15) is 0 Å². The highest BCUT2D eigenvalue weighted by Gasteiger charge is 2.45. The maximum atomic E-state index is 12.5. The molecule has 0 bridgehead atoms. The maximum absolute atomic E-state index is 12.5. The third-order valence-corrected chi connectivity index (χ3v) is 5.66. The Bertz CT molecular complexity index is 618. The van der Waals surface area contributed by atoms with Crippen LogP contribution in [0.15, 0.2) is 0 Å². The van der Waals surface area contributed by atoms with Crippen LogP contribution in [0.2, 0.25) is 0 Å². The normalized spacial score (nSPS) is 20.4. The molecule has 1 heterocycles. The summed E-state index contributed by atoms with van der Waals surface area (Å²) in [5.41, 5.74) is -0.463. The number of amides is 2. The summed E-state index contributed by atoms with van der Waals surface area (Å²) in [6.07, 6.45) is 3.00. The van der Waals surface area contributed by atoms with Gasteiger partial charge in [0.1, 0.15) is 6.10 Å². The van der Waals surface area contributed by atoms with Crippen LogP contribution in [0.25, 0.3) is 0 Å². The number of carbonyl (C=O) groups excluding carboxylic acids is 3. The van der Waals surface area contributed by atoms with Crippen molar-refractivity contribution in [2.24, 2.45) is 17.3 Å². The van der Waals surface area contributed by atoms with Crippen LogP contribution < -0.4 is 10.6 Å². The number of unbranched alkanes of at least 4 members (excludes halogenated alkanes) is 1. The monoisotopic (exact) mass is 456 g/mol. The standard InChI is InChI=1S/C24H44N2O6/c1-8-9-11-18(17(2)3)21(28)25-13-10-15-30-19(27)12-14-26-22(29)20-23(4,5)16-31-24(6,7)32-20/h17-18,20H,8-16H2,1-7H3,(H,25,28)(H,26,29). The third-order valence-electron chi connectivity index (χ3n) is 5.66. The van der Waals surface area contributed by atoms with Crippen LogP contribution >= 0.6 is 0 Å². The highest BCUT2D eigenvalue weighted by Crippen LogP contribution is 2.34. The Morgan fingerprint density at radius 3 is 2.38 bits per heavy atom. The summed E-state index contributed by atoms with van der Waals surface area (Å²) < 4.78 is 16.6. The minimum atomic E-state index is -0.822. The second kappa shape index (κ2) is 13.1. The molecule has 1 saturated heterocycles. The first-order valence-corrected chi connectivity index (χ1v) is 11.9. The smallest absolute Gasteiger partial charge is 0.307 e. The maximum Gasteiger partial charge on any atom is 0.307 e. The number of hydrogen-bond donors (Lipinski definition) is 2. The van der Waals surface area contributed by atoms with Crippen molar-refractivity contribution < 1.29 is 28.6 Å². The molecule has 8 nitrogen and oxygen atoms in total. The second-order valence-corrected chi connectivity index (χ2v) is 10.1. The Hall–Kier alpha value is -1.67. The molecule has 0 saturated carbocycles. The van der Waals surface area contributed by atoms with E-state index in [9.17, 15) is 14.4 Å². The van der Waals surface area contributed by atoms with Gasteiger partial charge in [0.05, 0.1) is 19.6 Å². The Morgan fingerprint density at radius 1 is 1.06 bits per heavy atom. The lowest BCUT2D eigenvalue weighted by Gasteiger charge is -2.44. The van der Waals surface area contributed by atoms with Gasteiger partial charge in [0.15, 0.2) is 5.79 Å². The predicted octanol–water partition coefficient (Wildman–Crippen LogP) is 3.18. The van der Waals surface area contributed by atoms with Gasteiger partial charge in [-0.3, -0.25) is 14.4 Å². The van der Waals surface area contributed by atoms with E-state index >= 15 is 0 Å². The van der Waals surface area contributed by atoms with Crippen molar-refractivity contribution in [3.63, 3.8) is 0 Å². The zero-order chi connectivity index (χ0) is 24.4. The van der Waals surface area contributed by atoms with Gasteiger partial charge in [-0.05, 0) is 32.6 Å². The Morgan fingerprint density at radius 2 is 1.75 bits per heavy atom. The molecule has 186 valence electrons. The Labute approximate surface area is 193 Å². The van der Waals surface area contributed by atoms with Gasteiger partial charge in [-0.25, -0.2) is 0 Å². The first-order chi connectivity index (χ1) is 14.9. The summed E-state index contributed by atoms with van der Waals surface area (Å²) in [5.74, 6) is -1.06. The number of hydrogen-bond acceptors (Lipinski definition) is 6. The Balaban J connectivity index is 2.23. The van der Waals surface area contributed by atoms with E-state index in [2.05, 4.69) is 31.4 Å². The largest absolute Gasteiger partial charge is 0.466 e. The molecule has 2 unspecified atom stereocenters. The fourth-order valence-electron chi connectivity index (χ4n) is 3.57. The number of nitrogens with one attached hydrogen (secondary N) is 2. The van der Waals surface area contributed by atoms with Crippen molar-refractivity contribution in [3.05, 3.63) is 0 Å². The average Bonchev–Trinajstić information content (AvgIpc) is 2.69. The van der Waals surface area contributed by atoms with Crippen molar-refractivity contribution in [2.75, 3.05) is 26.3 Å². The van der Waals surface area contributed by atoms with Crippen molar-refractivity contribution in [1.82, 2.24) is 10.6 Å². The number of rotatable bonds is 13. The molecule has 0 spiro atoms. The number of ether oxygens (including phenoxy) is 3. The van der Waals surface area contributed by atoms with Crippen molar-refractivity contribution in [3.8, 4) is 0 Å². The van der Waals surface area contributed by atoms with Crippen LogP contribution in [0.4, 0.5) is 0 Å². The first kappa shape index (κ1) is 28.4. The molecule has 8 heteroatoms. The quantitative estimate of drug-likeness (QED) is 0.326. The van der Waals surface area contributed by atoms with Crippen LogP contribution in [0.1, 0.15) is 80.6 Å². The van der Waals surface area contributed by atoms with E-state index in [-0.39, 0.29) is 43.3 Å². The molecule has 0 aliphatic carbocycles. The highest BCUT2D eigenvalue weighted by atomic mass is 16.7. The van der Waals surface area contributed by atoms with Gasteiger partial charge in [-0.1, -0.05) is 47.5 Å². The molecular weight excluding hydrogens is 412 g/mol. The molecule has 1 aliphatic heterocycles. The van der Waals surface area contributed by atoms with E-state index in [0.29, 0.717) is 25.5 Å². The second-order valence-electron chi connectivity index (χ2n) is 10.1. The van der Waals surface area contributed by atoms with E-state index in [4.69, 9.17) is 14.2 Å². The lowest BCUT2D eigenvalue weighted by atomic mass is 9.85. The average molecular weight is 457 g/mol.